The monoisotopic (exact) mass is 271 g/mol. The van der Waals surface area contributed by atoms with Crippen LogP contribution in [0.5, 0.6) is 0 Å². The molecule has 104 valence electrons. The average molecular weight is 271 g/mol. The average Bonchev–Trinajstić information content (AvgIpc) is 2.37. The number of amides is 1. The fourth-order valence-electron chi connectivity index (χ4n) is 1.75. The highest BCUT2D eigenvalue weighted by molar-refractivity contribution is 5.92. The third kappa shape index (κ3) is 3.32. The second-order valence-corrected chi connectivity index (χ2v) is 4.96. The van der Waals surface area contributed by atoms with Gasteiger partial charge in [-0.15, -0.1) is 0 Å². The molecule has 2 rings (SSSR count). The Morgan fingerprint density at radius 1 is 1.30 bits per heavy atom. The summed E-state index contributed by atoms with van der Waals surface area (Å²) in [5, 5.41) is 2.82. The molecule has 0 radical (unpaired) electrons. The summed E-state index contributed by atoms with van der Waals surface area (Å²) in [5.41, 5.74) is 1.90. The summed E-state index contributed by atoms with van der Waals surface area (Å²) in [5.74, 6) is 0.360. The number of aryl methyl sites for hydroxylation is 1. The van der Waals surface area contributed by atoms with Gasteiger partial charge in [0.15, 0.2) is 0 Å². The molecule has 0 saturated carbocycles. The third-order valence-corrected chi connectivity index (χ3v) is 2.80. The summed E-state index contributed by atoms with van der Waals surface area (Å²) < 4.78 is 0. The lowest BCUT2D eigenvalue weighted by molar-refractivity contribution is -0.118. The van der Waals surface area contributed by atoms with E-state index in [0.717, 1.165) is 5.56 Å². The van der Waals surface area contributed by atoms with Crippen molar-refractivity contribution in [1.29, 1.82) is 0 Å². The number of hydrogen-bond acceptors (Lipinski definition) is 3. The Morgan fingerprint density at radius 3 is 2.70 bits per heavy atom. The van der Waals surface area contributed by atoms with Crippen molar-refractivity contribution >= 4 is 11.6 Å². The van der Waals surface area contributed by atoms with E-state index in [1.54, 1.807) is 19.1 Å². The van der Waals surface area contributed by atoms with E-state index in [4.69, 9.17) is 0 Å². The predicted molar refractivity (Wildman–Crippen MR) is 78.5 cm³/mol. The van der Waals surface area contributed by atoms with E-state index in [9.17, 15) is 9.59 Å². The number of benzene rings is 1. The second-order valence-electron chi connectivity index (χ2n) is 4.96. The summed E-state index contributed by atoms with van der Waals surface area (Å²) in [6.45, 7) is 5.43. The summed E-state index contributed by atoms with van der Waals surface area (Å²) in [6.07, 6.45) is 0. The Kier molecular flexibility index (Phi) is 3.98. The first-order valence-corrected chi connectivity index (χ1v) is 6.45. The zero-order valence-electron chi connectivity index (χ0n) is 11.7. The van der Waals surface area contributed by atoms with Crippen molar-refractivity contribution in [2.75, 3.05) is 5.32 Å². The van der Waals surface area contributed by atoms with Crippen LogP contribution in [0.25, 0.3) is 11.4 Å². The van der Waals surface area contributed by atoms with Crippen LogP contribution < -0.4 is 10.9 Å². The van der Waals surface area contributed by atoms with Crippen molar-refractivity contribution in [3.8, 4) is 11.4 Å². The van der Waals surface area contributed by atoms with E-state index < -0.39 is 0 Å². The number of carbonyl (C=O) groups is 1. The molecule has 0 spiro atoms. The van der Waals surface area contributed by atoms with Crippen LogP contribution in [0.3, 0.4) is 0 Å². The quantitative estimate of drug-likeness (QED) is 0.899. The molecule has 0 fully saturated rings. The van der Waals surface area contributed by atoms with Crippen LogP contribution in [-0.2, 0) is 4.79 Å². The maximum absolute atomic E-state index is 11.7. The normalized spacial score (nSPS) is 10.6. The zero-order valence-corrected chi connectivity index (χ0v) is 11.7. The van der Waals surface area contributed by atoms with Gasteiger partial charge in [0.05, 0.1) is 0 Å². The maximum Gasteiger partial charge on any atom is 0.251 e. The number of carbonyl (C=O) groups excluding carboxylic acids is 1. The lowest BCUT2D eigenvalue weighted by Gasteiger charge is -2.09. The number of aromatic nitrogens is 2. The molecule has 20 heavy (non-hydrogen) atoms. The molecule has 2 aromatic rings. The summed E-state index contributed by atoms with van der Waals surface area (Å²) >= 11 is 0. The SMILES string of the molecule is Cc1cc(=O)[nH]c(-c2cccc(NC(=O)C(C)C)c2)n1. The van der Waals surface area contributed by atoms with E-state index in [2.05, 4.69) is 15.3 Å². The highest BCUT2D eigenvalue weighted by Gasteiger charge is 2.08. The second kappa shape index (κ2) is 5.69. The molecule has 1 heterocycles. The number of H-pyrrole nitrogens is 1. The van der Waals surface area contributed by atoms with E-state index >= 15 is 0 Å². The van der Waals surface area contributed by atoms with Crippen LogP contribution in [0.1, 0.15) is 19.5 Å². The van der Waals surface area contributed by atoms with E-state index in [0.29, 0.717) is 17.2 Å². The molecule has 5 heteroatoms. The van der Waals surface area contributed by atoms with Gasteiger partial charge in [-0.1, -0.05) is 26.0 Å². The Morgan fingerprint density at radius 2 is 2.05 bits per heavy atom. The van der Waals surface area contributed by atoms with Gasteiger partial charge in [-0.25, -0.2) is 4.98 Å². The first-order chi connectivity index (χ1) is 9.45. The smallest absolute Gasteiger partial charge is 0.251 e. The summed E-state index contributed by atoms with van der Waals surface area (Å²) in [7, 11) is 0. The van der Waals surface area contributed by atoms with Crippen LogP contribution >= 0.6 is 0 Å². The van der Waals surface area contributed by atoms with Crippen molar-refractivity contribution in [1.82, 2.24) is 9.97 Å². The van der Waals surface area contributed by atoms with E-state index in [-0.39, 0.29) is 17.4 Å². The van der Waals surface area contributed by atoms with Crippen molar-refractivity contribution < 1.29 is 4.79 Å². The lowest BCUT2D eigenvalue weighted by atomic mass is 10.1. The van der Waals surface area contributed by atoms with Crippen LogP contribution in [0.4, 0.5) is 5.69 Å². The molecule has 0 unspecified atom stereocenters. The summed E-state index contributed by atoms with van der Waals surface area (Å²) in [6, 6.07) is 8.68. The van der Waals surface area contributed by atoms with Crippen molar-refractivity contribution in [2.24, 2.45) is 5.92 Å². The van der Waals surface area contributed by atoms with Gasteiger partial charge in [-0.2, -0.15) is 0 Å². The Bertz CT molecular complexity index is 690. The molecule has 0 aliphatic heterocycles. The lowest BCUT2D eigenvalue weighted by Crippen LogP contribution is -2.17. The van der Waals surface area contributed by atoms with Crippen molar-refractivity contribution in [3.63, 3.8) is 0 Å². The van der Waals surface area contributed by atoms with Crippen molar-refractivity contribution in [2.45, 2.75) is 20.8 Å². The molecule has 5 nitrogen and oxygen atoms in total. The Labute approximate surface area is 117 Å². The largest absolute Gasteiger partial charge is 0.326 e. The number of hydrogen-bond donors (Lipinski definition) is 2. The van der Waals surface area contributed by atoms with Gasteiger partial charge < -0.3 is 10.3 Å². The molecule has 0 aliphatic rings. The topological polar surface area (TPSA) is 74.8 Å². The summed E-state index contributed by atoms with van der Waals surface area (Å²) in [4.78, 5) is 30.1. The van der Waals surface area contributed by atoms with Gasteiger partial charge in [-0.05, 0) is 19.1 Å². The molecule has 0 aliphatic carbocycles. The highest BCUT2D eigenvalue weighted by atomic mass is 16.1. The number of aromatic amines is 1. The molecule has 0 bridgehead atoms. The Balaban J connectivity index is 2.34. The minimum Gasteiger partial charge on any atom is -0.326 e. The predicted octanol–water partition coefficient (Wildman–Crippen LogP) is 2.34. The minimum atomic E-state index is -0.191. The van der Waals surface area contributed by atoms with Crippen LogP contribution in [0.2, 0.25) is 0 Å². The molecule has 0 saturated heterocycles. The Hall–Kier alpha value is -2.43. The molecule has 1 aromatic heterocycles. The number of anilines is 1. The van der Waals surface area contributed by atoms with Gasteiger partial charge >= 0.3 is 0 Å². The van der Waals surface area contributed by atoms with Crippen LogP contribution in [0.15, 0.2) is 35.1 Å². The van der Waals surface area contributed by atoms with Gasteiger partial charge in [0.2, 0.25) is 5.91 Å². The fraction of sp³-hybridized carbons (Fsp3) is 0.267. The minimum absolute atomic E-state index is 0.0483. The highest BCUT2D eigenvalue weighted by Crippen LogP contribution is 2.19. The maximum atomic E-state index is 11.7. The van der Waals surface area contributed by atoms with Crippen LogP contribution in [-0.4, -0.2) is 15.9 Å². The number of nitrogens with zero attached hydrogens (tertiary/aromatic N) is 1. The van der Waals surface area contributed by atoms with Gasteiger partial charge in [0.1, 0.15) is 5.82 Å². The zero-order chi connectivity index (χ0) is 14.7. The molecular formula is C15H17N3O2. The van der Waals surface area contributed by atoms with Gasteiger partial charge in [0.25, 0.3) is 5.56 Å². The van der Waals surface area contributed by atoms with E-state index in [1.165, 1.54) is 6.07 Å². The van der Waals surface area contributed by atoms with Crippen molar-refractivity contribution in [3.05, 3.63) is 46.4 Å². The van der Waals surface area contributed by atoms with Crippen LogP contribution in [0, 0.1) is 12.8 Å². The molecule has 1 aromatic carbocycles. The van der Waals surface area contributed by atoms with Gasteiger partial charge in [0, 0.05) is 28.9 Å². The van der Waals surface area contributed by atoms with E-state index in [1.807, 2.05) is 26.0 Å². The molecule has 2 N–H and O–H groups in total. The molecule has 0 atom stereocenters. The third-order valence-electron chi connectivity index (χ3n) is 2.80. The number of rotatable bonds is 3. The standard InChI is InChI=1S/C15H17N3O2/c1-9(2)15(20)17-12-6-4-5-11(8-12)14-16-10(3)7-13(19)18-14/h4-9H,1-3H3,(H,17,20)(H,16,18,19). The molecule has 1 amide bonds. The first kappa shape index (κ1) is 14.0. The van der Waals surface area contributed by atoms with Gasteiger partial charge in [-0.3, -0.25) is 9.59 Å². The molecular weight excluding hydrogens is 254 g/mol. The first-order valence-electron chi connectivity index (χ1n) is 6.45. The number of nitrogens with one attached hydrogen (secondary N) is 2. The fourth-order valence-corrected chi connectivity index (χ4v) is 1.75.